The summed E-state index contributed by atoms with van der Waals surface area (Å²) >= 11 is 11.6. The quantitative estimate of drug-likeness (QED) is 0.878. The number of halogens is 2. The van der Waals surface area contributed by atoms with E-state index in [2.05, 4.69) is 0 Å². The molecule has 0 bridgehead atoms. The number of rotatable bonds is 6. The van der Waals surface area contributed by atoms with Crippen LogP contribution in [0.4, 0.5) is 0 Å². The van der Waals surface area contributed by atoms with E-state index in [0.29, 0.717) is 22.2 Å². The first-order chi connectivity index (χ1) is 8.31. The van der Waals surface area contributed by atoms with Gasteiger partial charge in [0.1, 0.15) is 5.75 Å². The summed E-state index contributed by atoms with van der Waals surface area (Å²) in [6.45, 7) is 2.15. The molecule has 18 heavy (non-hydrogen) atoms. The number of benzene rings is 1. The van der Waals surface area contributed by atoms with Crippen molar-refractivity contribution in [2.45, 2.75) is 13.3 Å². The van der Waals surface area contributed by atoms with Crippen LogP contribution in [0.25, 0.3) is 0 Å². The molecule has 0 fully saturated rings. The van der Waals surface area contributed by atoms with Crippen molar-refractivity contribution in [3.63, 3.8) is 0 Å². The van der Waals surface area contributed by atoms with Crippen molar-refractivity contribution in [1.29, 1.82) is 0 Å². The number of hydrogen-bond donors (Lipinski definition) is 1. The predicted molar refractivity (Wildman–Crippen MR) is 73.7 cm³/mol. The number of nitrogens with two attached hydrogens (primary N) is 1. The lowest BCUT2D eigenvalue weighted by atomic mass is 10.1. The molecule has 2 N–H and O–H groups in total. The molecule has 0 radical (unpaired) electrons. The Hall–Kier alpha value is -0.490. The summed E-state index contributed by atoms with van der Waals surface area (Å²) in [5, 5.41) is 5.84. The third-order valence-electron chi connectivity index (χ3n) is 2.42. The molecule has 0 aromatic heterocycles. The van der Waals surface area contributed by atoms with Gasteiger partial charge in [-0.25, -0.2) is 13.6 Å². The molecule has 4 nitrogen and oxygen atoms in total. The number of sulfonamides is 1. The van der Waals surface area contributed by atoms with E-state index >= 15 is 0 Å². The SMILES string of the molecule is CCC(COc1ccc(Cl)c(Cl)c1)CS(N)(=O)=O. The number of primary sulfonamides is 1. The Balaban J connectivity index is 2.60. The highest BCUT2D eigenvalue weighted by molar-refractivity contribution is 7.89. The lowest BCUT2D eigenvalue weighted by Gasteiger charge is -2.15. The minimum absolute atomic E-state index is 0.0924. The van der Waals surface area contributed by atoms with Crippen molar-refractivity contribution in [3.05, 3.63) is 28.2 Å². The lowest BCUT2D eigenvalue weighted by molar-refractivity contribution is 0.257. The second-order valence-electron chi connectivity index (χ2n) is 3.99. The fourth-order valence-electron chi connectivity index (χ4n) is 1.39. The maximum absolute atomic E-state index is 11.0. The molecule has 0 amide bonds. The molecule has 0 heterocycles. The van der Waals surface area contributed by atoms with Crippen molar-refractivity contribution in [3.8, 4) is 5.75 Å². The average molecular weight is 312 g/mol. The first kappa shape index (κ1) is 15.6. The van der Waals surface area contributed by atoms with Crippen LogP contribution in [-0.2, 0) is 10.0 Å². The second kappa shape index (κ2) is 6.61. The summed E-state index contributed by atoms with van der Waals surface area (Å²) in [5.41, 5.74) is 0. The Morgan fingerprint density at radius 1 is 1.33 bits per heavy atom. The van der Waals surface area contributed by atoms with Crippen LogP contribution < -0.4 is 9.88 Å². The standard InChI is InChI=1S/C11H15Cl2NO3S/c1-2-8(7-18(14,15)16)6-17-9-3-4-10(12)11(13)5-9/h3-5,8H,2,6-7H2,1H3,(H2,14,15,16). The van der Waals surface area contributed by atoms with E-state index in [1.54, 1.807) is 18.2 Å². The van der Waals surface area contributed by atoms with Gasteiger partial charge in [-0.2, -0.15) is 0 Å². The molecule has 1 unspecified atom stereocenters. The fraction of sp³-hybridized carbons (Fsp3) is 0.455. The van der Waals surface area contributed by atoms with Crippen molar-refractivity contribution < 1.29 is 13.2 Å². The van der Waals surface area contributed by atoms with E-state index in [4.69, 9.17) is 33.1 Å². The largest absolute Gasteiger partial charge is 0.493 e. The van der Waals surface area contributed by atoms with Gasteiger partial charge in [-0.05, 0) is 18.6 Å². The minimum atomic E-state index is -3.48. The zero-order valence-corrected chi connectivity index (χ0v) is 12.2. The Morgan fingerprint density at radius 3 is 2.50 bits per heavy atom. The van der Waals surface area contributed by atoms with Crippen molar-refractivity contribution >= 4 is 33.2 Å². The molecule has 7 heteroatoms. The van der Waals surface area contributed by atoms with Crippen LogP contribution in [0.3, 0.4) is 0 Å². The van der Waals surface area contributed by atoms with Gasteiger partial charge in [0, 0.05) is 12.0 Å². The molecule has 0 saturated carbocycles. The van der Waals surface area contributed by atoms with Gasteiger partial charge in [0.2, 0.25) is 10.0 Å². The van der Waals surface area contributed by atoms with E-state index < -0.39 is 10.0 Å². The zero-order valence-electron chi connectivity index (χ0n) is 9.90. The Morgan fingerprint density at radius 2 is 2.00 bits per heavy atom. The average Bonchev–Trinajstić information content (AvgIpc) is 2.27. The summed E-state index contributed by atoms with van der Waals surface area (Å²) in [6, 6.07) is 4.89. The van der Waals surface area contributed by atoms with Gasteiger partial charge in [-0.3, -0.25) is 0 Å². The van der Waals surface area contributed by atoms with Crippen LogP contribution in [0, 0.1) is 5.92 Å². The Bertz CT molecular complexity index is 505. The summed E-state index contributed by atoms with van der Waals surface area (Å²) in [5.74, 6) is 0.317. The van der Waals surface area contributed by atoms with Crippen molar-refractivity contribution in [2.24, 2.45) is 11.1 Å². The Labute approximate surface area is 117 Å². The third kappa shape index (κ3) is 5.44. The molecule has 1 atom stereocenters. The topological polar surface area (TPSA) is 69.4 Å². The highest BCUT2D eigenvalue weighted by atomic mass is 35.5. The molecule has 0 spiro atoms. The van der Waals surface area contributed by atoms with E-state index in [0.717, 1.165) is 0 Å². The van der Waals surface area contributed by atoms with Crippen LogP contribution >= 0.6 is 23.2 Å². The van der Waals surface area contributed by atoms with E-state index in [-0.39, 0.29) is 18.3 Å². The van der Waals surface area contributed by atoms with Crippen LogP contribution in [0.1, 0.15) is 13.3 Å². The molecule has 0 aliphatic heterocycles. The Kier molecular flexibility index (Phi) is 5.72. The molecular weight excluding hydrogens is 297 g/mol. The van der Waals surface area contributed by atoms with Gasteiger partial charge in [0.05, 0.1) is 22.4 Å². The molecular formula is C11H15Cl2NO3S. The van der Waals surface area contributed by atoms with Gasteiger partial charge < -0.3 is 4.74 Å². The second-order valence-corrected chi connectivity index (χ2v) is 6.46. The number of hydrogen-bond acceptors (Lipinski definition) is 3. The third-order valence-corrected chi connectivity index (χ3v) is 4.10. The smallest absolute Gasteiger partial charge is 0.209 e. The molecule has 0 aliphatic rings. The highest BCUT2D eigenvalue weighted by Gasteiger charge is 2.15. The van der Waals surface area contributed by atoms with Gasteiger partial charge in [0.25, 0.3) is 0 Å². The van der Waals surface area contributed by atoms with Crippen molar-refractivity contribution in [1.82, 2.24) is 0 Å². The van der Waals surface area contributed by atoms with Crippen LogP contribution in [0.5, 0.6) is 5.75 Å². The summed E-state index contributed by atoms with van der Waals surface area (Å²) in [4.78, 5) is 0. The maximum Gasteiger partial charge on any atom is 0.209 e. The van der Waals surface area contributed by atoms with E-state index in [9.17, 15) is 8.42 Å². The van der Waals surface area contributed by atoms with Crippen molar-refractivity contribution in [2.75, 3.05) is 12.4 Å². The maximum atomic E-state index is 11.0. The summed E-state index contributed by atoms with van der Waals surface area (Å²) in [6.07, 6.45) is 0.664. The normalized spacial score (nSPS) is 13.3. The fourth-order valence-corrected chi connectivity index (χ4v) is 2.67. The molecule has 1 aromatic rings. The van der Waals surface area contributed by atoms with Crippen LogP contribution in [0.15, 0.2) is 18.2 Å². The number of ether oxygens (including phenoxy) is 1. The lowest BCUT2D eigenvalue weighted by Crippen LogP contribution is -2.26. The molecule has 102 valence electrons. The van der Waals surface area contributed by atoms with E-state index in [1.165, 1.54) is 0 Å². The monoisotopic (exact) mass is 311 g/mol. The van der Waals surface area contributed by atoms with Gasteiger partial charge in [-0.1, -0.05) is 30.1 Å². The summed E-state index contributed by atoms with van der Waals surface area (Å²) in [7, 11) is -3.48. The van der Waals surface area contributed by atoms with Gasteiger partial charge >= 0.3 is 0 Å². The van der Waals surface area contributed by atoms with Crippen LogP contribution in [-0.4, -0.2) is 20.8 Å². The van der Waals surface area contributed by atoms with Gasteiger partial charge in [0.15, 0.2) is 0 Å². The molecule has 0 saturated heterocycles. The van der Waals surface area contributed by atoms with Crippen LogP contribution in [0.2, 0.25) is 10.0 Å². The minimum Gasteiger partial charge on any atom is -0.493 e. The van der Waals surface area contributed by atoms with Gasteiger partial charge in [-0.15, -0.1) is 0 Å². The first-order valence-electron chi connectivity index (χ1n) is 5.40. The molecule has 0 aliphatic carbocycles. The molecule has 1 aromatic carbocycles. The summed E-state index contributed by atoms with van der Waals surface area (Å²) < 4.78 is 27.5. The van der Waals surface area contributed by atoms with E-state index in [1.807, 2.05) is 6.92 Å². The molecule has 1 rings (SSSR count). The highest BCUT2D eigenvalue weighted by Crippen LogP contribution is 2.26. The predicted octanol–water partition coefficient (Wildman–Crippen LogP) is 2.69. The first-order valence-corrected chi connectivity index (χ1v) is 7.87. The zero-order chi connectivity index (χ0) is 13.8.